The number of anilines is 1. The molecule has 1 aromatic heterocycles. The molecule has 2 N–H and O–H groups in total. The number of aromatic nitrogens is 1. The van der Waals surface area contributed by atoms with E-state index >= 15 is 0 Å². The van der Waals surface area contributed by atoms with Gasteiger partial charge in [-0.25, -0.2) is 4.98 Å². The highest BCUT2D eigenvalue weighted by atomic mass is 32.1. The second-order valence-electron chi connectivity index (χ2n) is 6.40. The van der Waals surface area contributed by atoms with E-state index in [1.165, 1.54) is 11.3 Å². The van der Waals surface area contributed by atoms with Crippen molar-refractivity contribution in [3.63, 3.8) is 0 Å². The monoisotopic (exact) mass is 397 g/mol. The Morgan fingerprint density at radius 1 is 1.14 bits per heavy atom. The molecule has 0 aliphatic carbocycles. The Bertz CT molecular complexity index is 967. The van der Waals surface area contributed by atoms with Crippen LogP contribution in [0.5, 0.6) is 5.75 Å². The van der Waals surface area contributed by atoms with Crippen molar-refractivity contribution in [2.45, 2.75) is 26.7 Å². The van der Waals surface area contributed by atoms with Gasteiger partial charge in [-0.1, -0.05) is 36.8 Å². The van der Waals surface area contributed by atoms with E-state index in [1.807, 2.05) is 25.1 Å². The number of amides is 2. The third kappa shape index (κ3) is 5.07. The molecule has 3 rings (SSSR count). The number of para-hydroxylation sites is 1. The number of rotatable bonds is 8. The zero-order valence-corrected chi connectivity index (χ0v) is 16.8. The SMILES string of the molecule is CCCCOc1ccc(C(=O)NCC(=O)Nc2nc3c(C)cccc3s2)cc1. The van der Waals surface area contributed by atoms with Gasteiger partial charge < -0.3 is 15.4 Å². The number of carbonyl (C=O) groups is 2. The lowest BCUT2D eigenvalue weighted by Crippen LogP contribution is -2.32. The van der Waals surface area contributed by atoms with Crippen LogP contribution < -0.4 is 15.4 Å². The Morgan fingerprint density at radius 3 is 2.64 bits per heavy atom. The topological polar surface area (TPSA) is 80.3 Å². The van der Waals surface area contributed by atoms with E-state index in [1.54, 1.807) is 24.3 Å². The van der Waals surface area contributed by atoms with Gasteiger partial charge in [0.2, 0.25) is 5.91 Å². The molecule has 0 saturated carbocycles. The number of nitrogens with one attached hydrogen (secondary N) is 2. The predicted molar refractivity (Wildman–Crippen MR) is 112 cm³/mol. The van der Waals surface area contributed by atoms with Crippen LogP contribution in [-0.2, 0) is 4.79 Å². The average molecular weight is 398 g/mol. The number of aryl methyl sites for hydroxylation is 1. The summed E-state index contributed by atoms with van der Waals surface area (Å²) in [6, 6.07) is 12.8. The number of fused-ring (bicyclic) bond motifs is 1. The quantitative estimate of drug-likeness (QED) is 0.560. The minimum absolute atomic E-state index is 0.123. The van der Waals surface area contributed by atoms with Crippen LogP contribution in [0, 0.1) is 6.92 Å². The van der Waals surface area contributed by atoms with Gasteiger partial charge in [0.05, 0.1) is 23.4 Å². The summed E-state index contributed by atoms with van der Waals surface area (Å²) >= 11 is 1.41. The Balaban J connectivity index is 1.50. The Labute approximate surface area is 167 Å². The maximum Gasteiger partial charge on any atom is 0.251 e. The van der Waals surface area contributed by atoms with E-state index in [9.17, 15) is 9.59 Å². The van der Waals surface area contributed by atoms with Crippen LogP contribution in [0.2, 0.25) is 0 Å². The molecule has 0 atom stereocenters. The highest BCUT2D eigenvalue weighted by Gasteiger charge is 2.11. The summed E-state index contributed by atoms with van der Waals surface area (Å²) in [6.07, 6.45) is 2.06. The van der Waals surface area contributed by atoms with E-state index in [-0.39, 0.29) is 18.4 Å². The van der Waals surface area contributed by atoms with Gasteiger partial charge in [0.1, 0.15) is 5.75 Å². The molecular weight excluding hydrogens is 374 g/mol. The van der Waals surface area contributed by atoms with Crippen molar-refractivity contribution in [3.8, 4) is 5.75 Å². The summed E-state index contributed by atoms with van der Waals surface area (Å²) in [5, 5.41) is 5.88. The number of thiazole rings is 1. The van der Waals surface area contributed by atoms with Gasteiger partial charge in [-0.15, -0.1) is 0 Å². The normalized spacial score (nSPS) is 10.6. The van der Waals surface area contributed by atoms with Crippen LogP contribution in [0.4, 0.5) is 5.13 Å². The third-order valence-corrected chi connectivity index (χ3v) is 5.10. The largest absolute Gasteiger partial charge is 0.494 e. The van der Waals surface area contributed by atoms with E-state index in [0.29, 0.717) is 17.3 Å². The highest BCUT2D eigenvalue weighted by Crippen LogP contribution is 2.27. The number of hydrogen-bond acceptors (Lipinski definition) is 5. The summed E-state index contributed by atoms with van der Waals surface area (Å²) < 4.78 is 6.59. The molecule has 0 bridgehead atoms. The maximum absolute atomic E-state index is 12.2. The maximum atomic E-state index is 12.2. The Kier molecular flexibility index (Phi) is 6.60. The van der Waals surface area contributed by atoms with Gasteiger partial charge in [-0.05, 0) is 49.2 Å². The van der Waals surface area contributed by atoms with Crippen molar-refractivity contribution < 1.29 is 14.3 Å². The van der Waals surface area contributed by atoms with Crippen LogP contribution in [0.25, 0.3) is 10.2 Å². The summed E-state index contributed by atoms with van der Waals surface area (Å²) in [4.78, 5) is 28.8. The standard InChI is InChI=1S/C21H23N3O3S/c1-3-4-12-27-16-10-8-15(9-11-16)20(26)22-13-18(25)23-21-24-19-14(2)6-5-7-17(19)28-21/h5-11H,3-4,12-13H2,1-2H3,(H,22,26)(H,23,24,25). The van der Waals surface area contributed by atoms with Crippen LogP contribution >= 0.6 is 11.3 Å². The van der Waals surface area contributed by atoms with Gasteiger partial charge in [0.15, 0.2) is 5.13 Å². The molecule has 0 radical (unpaired) electrons. The van der Waals surface area contributed by atoms with Crippen LogP contribution in [-0.4, -0.2) is 29.9 Å². The van der Waals surface area contributed by atoms with Crippen LogP contribution in [0.1, 0.15) is 35.7 Å². The zero-order chi connectivity index (χ0) is 19.9. The number of hydrogen-bond donors (Lipinski definition) is 2. The van der Waals surface area contributed by atoms with E-state index in [2.05, 4.69) is 22.5 Å². The summed E-state index contributed by atoms with van der Waals surface area (Å²) in [5.41, 5.74) is 2.42. The molecule has 7 heteroatoms. The number of carbonyl (C=O) groups excluding carboxylic acids is 2. The minimum atomic E-state index is -0.315. The molecule has 146 valence electrons. The Morgan fingerprint density at radius 2 is 1.93 bits per heavy atom. The van der Waals surface area contributed by atoms with Gasteiger partial charge in [0.25, 0.3) is 5.91 Å². The first-order chi connectivity index (χ1) is 13.6. The number of nitrogens with zero attached hydrogens (tertiary/aromatic N) is 1. The lowest BCUT2D eigenvalue weighted by molar-refractivity contribution is -0.115. The lowest BCUT2D eigenvalue weighted by atomic mass is 10.2. The first-order valence-corrected chi connectivity index (χ1v) is 10.1. The lowest BCUT2D eigenvalue weighted by Gasteiger charge is -2.07. The summed E-state index contributed by atoms with van der Waals surface area (Å²) in [7, 11) is 0. The van der Waals surface area contributed by atoms with Crippen molar-refractivity contribution in [1.82, 2.24) is 10.3 Å². The average Bonchev–Trinajstić information content (AvgIpc) is 3.11. The predicted octanol–water partition coefficient (Wildman–Crippen LogP) is 4.15. The molecule has 2 amide bonds. The van der Waals surface area contributed by atoms with Crippen molar-refractivity contribution in [2.75, 3.05) is 18.5 Å². The molecule has 0 spiro atoms. The molecule has 0 aliphatic heterocycles. The fraction of sp³-hybridized carbons (Fsp3) is 0.286. The number of ether oxygens (including phenoxy) is 1. The first kappa shape index (κ1) is 19.8. The van der Waals surface area contributed by atoms with Gasteiger partial charge in [0, 0.05) is 5.56 Å². The van der Waals surface area contributed by atoms with Gasteiger partial charge in [-0.3, -0.25) is 9.59 Å². The molecule has 0 fully saturated rings. The molecule has 2 aromatic carbocycles. The van der Waals surface area contributed by atoms with Gasteiger partial charge in [-0.2, -0.15) is 0 Å². The fourth-order valence-corrected chi connectivity index (χ4v) is 3.56. The second-order valence-corrected chi connectivity index (χ2v) is 7.43. The van der Waals surface area contributed by atoms with Crippen molar-refractivity contribution in [2.24, 2.45) is 0 Å². The second kappa shape index (κ2) is 9.32. The van der Waals surface area contributed by atoms with E-state index in [4.69, 9.17) is 4.74 Å². The molecule has 0 unspecified atom stereocenters. The molecule has 0 saturated heterocycles. The number of unbranched alkanes of at least 4 members (excludes halogenated alkanes) is 1. The first-order valence-electron chi connectivity index (χ1n) is 9.24. The molecule has 28 heavy (non-hydrogen) atoms. The van der Waals surface area contributed by atoms with Crippen LogP contribution in [0.3, 0.4) is 0 Å². The minimum Gasteiger partial charge on any atom is -0.494 e. The summed E-state index contributed by atoms with van der Waals surface area (Å²) in [5.74, 6) is 0.105. The molecule has 1 heterocycles. The molecule has 3 aromatic rings. The number of benzene rings is 2. The Hall–Kier alpha value is -2.93. The van der Waals surface area contributed by atoms with E-state index in [0.717, 1.165) is 34.4 Å². The third-order valence-electron chi connectivity index (χ3n) is 4.16. The van der Waals surface area contributed by atoms with Crippen LogP contribution in [0.15, 0.2) is 42.5 Å². The molecule has 6 nitrogen and oxygen atoms in total. The zero-order valence-electron chi connectivity index (χ0n) is 16.0. The fourth-order valence-electron chi connectivity index (χ4n) is 2.60. The van der Waals surface area contributed by atoms with Crippen molar-refractivity contribution >= 4 is 38.5 Å². The van der Waals surface area contributed by atoms with Crippen molar-refractivity contribution in [3.05, 3.63) is 53.6 Å². The van der Waals surface area contributed by atoms with Gasteiger partial charge >= 0.3 is 0 Å². The van der Waals surface area contributed by atoms with Crippen molar-refractivity contribution in [1.29, 1.82) is 0 Å². The summed E-state index contributed by atoms with van der Waals surface area (Å²) in [6.45, 7) is 4.62. The van der Waals surface area contributed by atoms with E-state index < -0.39 is 0 Å². The smallest absolute Gasteiger partial charge is 0.251 e. The highest BCUT2D eigenvalue weighted by molar-refractivity contribution is 7.22. The molecular formula is C21H23N3O3S. The molecule has 0 aliphatic rings.